The topological polar surface area (TPSA) is 12.5 Å². The maximum absolute atomic E-state index is 12.9. The average molecular weight is 213 g/mol. The van der Waals surface area contributed by atoms with Crippen molar-refractivity contribution in [1.29, 1.82) is 0 Å². The number of likely N-dealkylation sites (tertiary alicyclic amines) is 1. The van der Waals surface area contributed by atoms with E-state index in [4.69, 9.17) is 4.74 Å². The second-order valence-electron chi connectivity index (χ2n) is 4.33. The molecule has 0 saturated carbocycles. The maximum atomic E-state index is 12.9. The standard InChI is InChI=1S/C11H13F2NO/c1-11(6-14(2)7-11)15-10-4-8(12)3-9(13)5-10/h3-5H,6-7H2,1-2H3. The molecule has 1 heterocycles. The summed E-state index contributed by atoms with van der Waals surface area (Å²) in [7, 11) is 1.97. The maximum Gasteiger partial charge on any atom is 0.131 e. The first-order valence-corrected chi connectivity index (χ1v) is 4.81. The van der Waals surface area contributed by atoms with Crippen molar-refractivity contribution in [1.82, 2.24) is 4.90 Å². The fourth-order valence-electron chi connectivity index (χ4n) is 2.03. The van der Waals surface area contributed by atoms with Crippen molar-refractivity contribution >= 4 is 0 Å². The Morgan fingerprint density at radius 2 is 1.73 bits per heavy atom. The van der Waals surface area contributed by atoms with Gasteiger partial charge in [-0.05, 0) is 14.0 Å². The second-order valence-corrected chi connectivity index (χ2v) is 4.33. The first-order chi connectivity index (χ1) is 6.97. The predicted molar refractivity (Wildman–Crippen MR) is 52.9 cm³/mol. The van der Waals surface area contributed by atoms with Crippen LogP contribution in [0, 0.1) is 11.6 Å². The number of hydrogen-bond acceptors (Lipinski definition) is 2. The van der Waals surface area contributed by atoms with Gasteiger partial charge in [0.25, 0.3) is 0 Å². The highest BCUT2D eigenvalue weighted by atomic mass is 19.1. The van der Waals surface area contributed by atoms with Crippen LogP contribution in [0.2, 0.25) is 0 Å². The largest absolute Gasteiger partial charge is 0.485 e. The molecule has 0 bridgehead atoms. The minimum atomic E-state index is -0.610. The Kier molecular flexibility index (Phi) is 2.38. The smallest absolute Gasteiger partial charge is 0.131 e. The van der Waals surface area contributed by atoms with Gasteiger partial charge in [0, 0.05) is 31.3 Å². The molecule has 0 amide bonds. The molecular weight excluding hydrogens is 200 g/mol. The highest BCUT2D eigenvalue weighted by molar-refractivity contribution is 5.25. The SMILES string of the molecule is CN1CC(C)(Oc2cc(F)cc(F)c2)C1. The van der Waals surface area contributed by atoms with Gasteiger partial charge < -0.3 is 4.74 Å². The zero-order valence-corrected chi connectivity index (χ0v) is 8.76. The first-order valence-electron chi connectivity index (χ1n) is 4.81. The van der Waals surface area contributed by atoms with Gasteiger partial charge in [0.2, 0.25) is 0 Å². The Morgan fingerprint density at radius 1 is 1.20 bits per heavy atom. The summed E-state index contributed by atoms with van der Waals surface area (Å²) >= 11 is 0. The summed E-state index contributed by atoms with van der Waals surface area (Å²) in [6.45, 7) is 3.46. The fraction of sp³-hybridized carbons (Fsp3) is 0.455. The molecule has 1 saturated heterocycles. The van der Waals surface area contributed by atoms with E-state index < -0.39 is 11.6 Å². The Balaban J connectivity index is 2.11. The number of likely N-dealkylation sites (N-methyl/N-ethyl adjacent to an activating group) is 1. The first kappa shape index (κ1) is 10.4. The van der Waals surface area contributed by atoms with Crippen molar-refractivity contribution in [2.45, 2.75) is 12.5 Å². The van der Waals surface area contributed by atoms with Gasteiger partial charge in [0.15, 0.2) is 0 Å². The van der Waals surface area contributed by atoms with Crippen molar-refractivity contribution in [2.24, 2.45) is 0 Å². The molecule has 0 spiro atoms. The summed E-state index contributed by atoms with van der Waals surface area (Å²) in [5.74, 6) is -0.967. The molecule has 2 rings (SSSR count). The van der Waals surface area contributed by atoms with Crippen LogP contribution in [0.25, 0.3) is 0 Å². The zero-order valence-electron chi connectivity index (χ0n) is 8.76. The fourth-order valence-corrected chi connectivity index (χ4v) is 2.03. The van der Waals surface area contributed by atoms with Crippen LogP contribution >= 0.6 is 0 Å². The lowest BCUT2D eigenvalue weighted by Gasteiger charge is -2.45. The van der Waals surface area contributed by atoms with Crippen LogP contribution in [0.3, 0.4) is 0 Å². The van der Waals surface area contributed by atoms with Crippen LogP contribution in [0.15, 0.2) is 18.2 Å². The lowest BCUT2D eigenvalue weighted by molar-refractivity contribution is -0.0499. The third kappa shape index (κ3) is 2.26. The van der Waals surface area contributed by atoms with Crippen LogP contribution in [0.1, 0.15) is 6.92 Å². The molecule has 4 heteroatoms. The van der Waals surface area contributed by atoms with Gasteiger partial charge in [0.05, 0.1) is 0 Å². The van der Waals surface area contributed by atoms with Gasteiger partial charge in [0.1, 0.15) is 23.0 Å². The Labute approximate surface area is 87.5 Å². The molecule has 1 aromatic carbocycles. The number of nitrogens with zero attached hydrogens (tertiary/aromatic N) is 1. The van der Waals surface area contributed by atoms with E-state index in [0.717, 1.165) is 19.2 Å². The molecule has 15 heavy (non-hydrogen) atoms. The number of rotatable bonds is 2. The van der Waals surface area contributed by atoms with Crippen LogP contribution in [0.5, 0.6) is 5.75 Å². The highest BCUT2D eigenvalue weighted by Gasteiger charge is 2.38. The number of benzene rings is 1. The Bertz CT molecular complexity index is 355. The molecule has 2 nitrogen and oxygen atoms in total. The monoisotopic (exact) mass is 213 g/mol. The molecule has 0 aliphatic carbocycles. The Morgan fingerprint density at radius 3 is 2.20 bits per heavy atom. The quantitative estimate of drug-likeness (QED) is 0.745. The summed E-state index contributed by atoms with van der Waals surface area (Å²) < 4.78 is 31.3. The molecule has 1 aliphatic heterocycles. The van der Waals surface area contributed by atoms with Crippen molar-refractivity contribution < 1.29 is 13.5 Å². The molecule has 0 atom stereocenters. The lowest BCUT2D eigenvalue weighted by atomic mass is 9.97. The van der Waals surface area contributed by atoms with E-state index in [2.05, 4.69) is 4.90 Å². The van der Waals surface area contributed by atoms with Gasteiger partial charge in [-0.2, -0.15) is 0 Å². The van der Waals surface area contributed by atoms with Crippen LogP contribution in [0.4, 0.5) is 8.78 Å². The third-order valence-corrected chi connectivity index (χ3v) is 2.41. The van der Waals surface area contributed by atoms with E-state index in [1.54, 1.807) is 0 Å². The van der Waals surface area contributed by atoms with Crippen LogP contribution in [-0.2, 0) is 0 Å². The van der Waals surface area contributed by atoms with Crippen LogP contribution < -0.4 is 4.74 Å². The van der Waals surface area contributed by atoms with Crippen molar-refractivity contribution in [3.8, 4) is 5.75 Å². The molecule has 0 radical (unpaired) electrons. The van der Waals surface area contributed by atoms with Crippen LogP contribution in [-0.4, -0.2) is 30.6 Å². The van der Waals surface area contributed by atoms with E-state index >= 15 is 0 Å². The van der Waals surface area contributed by atoms with Gasteiger partial charge >= 0.3 is 0 Å². The molecular formula is C11H13F2NO. The third-order valence-electron chi connectivity index (χ3n) is 2.41. The van der Waals surface area contributed by atoms with Gasteiger partial charge in [-0.1, -0.05) is 0 Å². The van der Waals surface area contributed by atoms with Gasteiger partial charge in [-0.15, -0.1) is 0 Å². The van der Waals surface area contributed by atoms with Crippen molar-refractivity contribution in [3.05, 3.63) is 29.8 Å². The normalized spacial score (nSPS) is 19.7. The van der Waals surface area contributed by atoms with Crippen molar-refractivity contribution in [3.63, 3.8) is 0 Å². The highest BCUT2D eigenvalue weighted by Crippen LogP contribution is 2.27. The number of hydrogen-bond donors (Lipinski definition) is 0. The van der Waals surface area contributed by atoms with E-state index in [1.165, 1.54) is 12.1 Å². The van der Waals surface area contributed by atoms with E-state index in [0.29, 0.717) is 0 Å². The number of ether oxygens (including phenoxy) is 1. The van der Waals surface area contributed by atoms with Gasteiger partial charge in [-0.3, -0.25) is 4.90 Å². The summed E-state index contributed by atoms with van der Waals surface area (Å²) in [6.07, 6.45) is 0. The summed E-state index contributed by atoms with van der Waals surface area (Å²) in [5, 5.41) is 0. The summed E-state index contributed by atoms with van der Waals surface area (Å²) in [4.78, 5) is 2.08. The minimum Gasteiger partial charge on any atom is -0.485 e. The molecule has 0 aromatic heterocycles. The van der Waals surface area contributed by atoms with Gasteiger partial charge in [-0.25, -0.2) is 8.78 Å². The molecule has 1 fully saturated rings. The second kappa shape index (κ2) is 3.45. The number of halogens is 2. The molecule has 0 unspecified atom stereocenters. The molecule has 1 aromatic rings. The Hall–Kier alpha value is -1.16. The van der Waals surface area contributed by atoms with E-state index in [9.17, 15) is 8.78 Å². The summed E-state index contributed by atoms with van der Waals surface area (Å²) in [5.41, 5.74) is -0.324. The molecule has 0 N–H and O–H groups in total. The zero-order chi connectivity index (χ0) is 11.1. The van der Waals surface area contributed by atoms with E-state index in [1.807, 2.05) is 14.0 Å². The lowest BCUT2D eigenvalue weighted by Crippen LogP contribution is -2.61. The van der Waals surface area contributed by atoms with Crippen molar-refractivity contribution in [2.75, 3.05) is 20.1 Å². The average Bonchev–Trinajstić information content (AvgIpc) is 1.97. The summed E-state index contributed by atoms with van der Waals surface area (Å²) in [6, 6.07) is 3.24. The molecule has 82 valence electrons. The predicted octanol–water partition coefficient (Wildman–Crippen LogP) is 2.05. The van der Waals surface area contributed by atoms with E-state index in [-0.39, 0.29) is 11.4 Å². The molecule has 1 aliphatic rings. The minimum absolute atomic E-state index is 0.253.